The van der Waals surface area contributed by atoms with Crippen LogP contribution in [-0.2, 0) is 0 Å². The third-order valence-corrected chi connectivity index (χ3v) is 1.53. The van der Waals surface area contributed by atoms with E-state index in [2.05, 4.69) is 11.6 Å². The number of halogens is 1. The van der Waals surface area contributed by atoms with Gasteiger partial charge < -0.3 is 11.5 Å². The van der Waals surface area contributed by atoms with Gasteiger partial charge in [-0.1, -0.05) is 6.08 Å². The van der Waals surface area contributed by atoms with Gasteiger partial charge in [-0.05, 0) is 11.6 Å². The normalized spacial score (nSPS) is 12.5. The second-order valence-electron chi connectivity index (χ2n) is 2.41. The second kappa shape index (κ2) is 3.32. The first-order valence-electron chi connectivity index (χ1n) is 3.44. The van der Waals surface area contributed by atoms with Crippen LogP contribution in [0.4, 0.5) is 10.1 Å². The Morgan fingerprint density at radius 1 is 1.67 bits per heavy atom. The lowest BCUT2D eigenvalue weighted by Gasteiger charge is -2.06. The summed E-state index contributed by atoms with van der Waals surface area (Å²) in [6.07, 6.45) is 2.88. The van der Waals surface area contributed by atoms with Crippen LogP contribution in [0.5, 0.6) is 0 Å². The van der Waals surface area contributed by atoms with Gasteiger partial charge in [-0.2, -0.15) is 4.39 Å². The summed E-state index contributed by atoms with van der Waals surface area (Å²) in [5.41, 5.74) is 11.5. The summed E-state index contributed by atoms with van der Waals surface area (Å²) in [7, 11) is 0. The molecule has 0 unspecified atom stereocenters. The summed E-state index contributed by atoms with van der Waals surface area (Å²) in [5, 5.41) is 0. The van der Waals surface area contributed by atoms with Crippen molar-refractivity contribution in [2.75, 3.05) is 5.73 Å². The largest absolute Gasteiger partial charge is 0.395 e. The molecule has 12 heavy (non-hydrogen) atoms. The summed E-state index contributed by atoms with van der Waals surface area (Å²) in [6.45, 7) is 3.50. The lowest BCUT2D eigenvalue weighted by atomic mass is 10.1. The maximum atomic E-state index is 12.6. The van der Waals surface area contributed by atoms with Crippen LogP contribution in [0.15, 0.2) is 24.9 Å². The molecule has 1 aromatic rings. The van der Waals surface area contributed by atoms with Crippen LogP contribution in [0.1, 0.15) is 11.6 Å². The topological polar surface area (TPSA) is 64.9 Å². The summed E-state index contributed by atoms with van der Waals surface area (Å²) in [5.74, 6) is -0.671. The van der Waals surface area contributed by atoms with Crippen LogP contribution in [0.25, 0.3) is 0 Å². The highest BCUT2D eigenvalue weighted by Gasteiger charge is 2.05. The molecule has 0 radical (unpaired) electrons. The number of pyridine rings is 1. The number of aromatic nitrogens is 1. The first kappa shape index (κ1) is 8.67. The fourth-order valence-electron chi connectivity index (χ4n) is 0.800. The van der Waals surface area contributed by atoms with Gasteiger partial charge in [-0.15, -0.1) is 6.58 Å². The van der Waals surface area contributed by atoms with Gasteiger partial charge in [0.15, 0.2) is 0 Å². The molecular formula is C8H10FN3. The molecule has 4 heteroatoms. The van der Waals surface area contributed by atoms with Gasteiger partial charge in [0, 0.05) is 12.2 Å². The van der Waals surface area contributed by atoms with Crippen molar-refractivity contribution in [3.8, 4) is 0 Å². The first-order chi connectivity index (χ1) is 5.65. The lowest BCUT2D eigenvalue weighted by Crippen LogP contribution is -2.08. The van der Waals surface area contributed by atoms with E-state index in [1.807, 2.05) is 0 Å². The van der Waals surface area contributed by atoms with Crippen molar-refractivity contribution in [1.29, 1.82) is 0 Å². The van der Waals surface area contributed by atoms with Gasteiger partial charge in [0.05, 0.1) is 5.69 Å². The standard InChI is InChI=1S/C8H10FN3/c1-2-6(10)5-3-7(11)8(9)12-4-5/h2-4,6H,1,10-11H2/t6-/m1/s1. The van der Waals surface area contributed by atoms with E-state index in [9.17, 15) is 4.39 Å². The molecule has 0 spiro atoms. The minimum absolute atomic E-state index is 0.00444. The highest BCUT2D eigenvalue weighted by molar-refractivity contribution is 5.40. The molecule has 0 aliphatic carbocycles. The molecule has 4 N–H and O–H groups in total. The molecule has 0 saturated heterocycles. The lowest BCUT2D eigenvalue weighted by molar-refractivity contribution is 0.586. The van der Waals surface area contributed by atoms with Gasteiger partial charge in [0.2, 0.25) is 5.95 Å². The van der Waals surface area contributed by atoms with E-state index in [0.29, 0.717) is 5.56 Å². The monoisotopic (exact) mass is 167 g/mol. The Balaban J connectivity index is 3.04. The molecule has 0 saturated carbocycles. The molecule has 0 bridgehead atoms. The van der Waals surface area contributed by atoms with Crippen molar-refractivity contribution < 1.29 is 4.39 Å². The molecule has 0 aliphatic heterocycles. The van der Waals surface area contributed by atoms with Crippen molar-refractivity contribution in [3.05, 3.63) is 36.4 Å². The highest BCUT2D eigenvalue weighted by Crippen LogP contribution is 2.14. The smallest absolute Gasteiger partial charge is 0.236 e. The molecule has 3 nitrogen and oxygen atoms in total. The highest BCUT2D eigenvalue weighted by atomic mass is 19.1. The van der Waals surface area contributed by atoms with Crippen LogP contribution in [-0.4, -0.2) is 4.98 Å². The van der Waals surface area contributed by atoms with E-state index >= 15 is 0 Å². The Kier molecular flexibility index (Phi) is 2.40. The van der Waals surface area contributed by atoms with Crippen molar-refractivity contribution in [2.45, 2.75) is 6.04 Å². The molecule has 0 aliphatic rings. The summed E-state index contributed by atoms with van der Waals surface area (Å²) < 4.78 is 12.6. The van der Waals surface area contributed by atoms with E-state index in [4.69, 9.17) is 11.5 Å². The van der Waals surface area contributed by atoms with Gasteiger partial charge >= 0.3 is 0 Å². The number of nitrogens with zero attached hydrogens (tertiary/aromatic N) is 1. The molecule has 0 aromatic carbocycles. The average molecular weight is 167 g/mol. The SMILES string of the molecule is C=C[C@@H](N)c1cnc(F)c(N)c1. The minimum atomic E-state index is -0.671. The number of rotatable bonds is 2. The number of anilines is 1. The molecule has 1 rings (SSSR count). The maximum Gasteiger partial charge on any atom is 0.236 e. The van der Waals surface area contributed by atoms with Gasteiger partial charge in [0.25, 0.3) is 0 Å². The number of nitrogens with two attached hydrogens (primary N) is 2. The number of hydrogen-bond donors (Lipinski definition) is 2. The van der Waals surface area contributed by atoms with Gasteiger partial charge in [-0.25, -0.2) is 4.98 Å². The Morgan fingerprint density at radius 2 is 2.33 bits per heavy atom. The van der Waals surface area contributed by atoms with E-state index in [-0.39, 0.29) is 11.7 Å². The summed E-state index contributed by atoms with van der Waals surface area (Å²) in [6, 6.07) is 1.11. The Labute approximate surface area is 69.9 Å². The molecule has 1 atom stereocenters. The van der Waals surface area contributed by atoms with Crippen LogP contribution in [0.3, 0.4) is 0 Å². The number of hydrogen-bond acceptors (Lipinski definition) is 3. The Hall–Kier alpha value is -1.42. The second-order valence-corrected chi connectivity index (χ2v) is 2.41. The molecule has 64 valence electrons. The van der Waals surface area contributed by atoms with E-state index < -0.39 is 5.95 Å². The third-order valence-electron chi connectivity index (χ3n) is 1.53. The zero-order chi connectivity index (χ0) is 9.14. The quantitative estimate of drug-likeness (QED) is 0.510. The van der Waals surface area contributed by atoms with Crippen LogP contribution in [0, 0.1) is 5.95 Å². The third kappa shape index (κ3) is 1.60. The molecule has 0 fully saturated rings. The Bertz CT molecular complexity index is 298. The van der Waals surface area contributed by atoms with Crippen molar-refractivity contribution in [1.82, 2.24) is 4.98 Å². The Morgan fingerprint density at radius 3 is 2.83 bits per heavy atom. The minimum Gasteiger partial charge on any atom is -0.395 e. The molecule has 1 heterocycles. The molecule has 0 amide bonds. The summed E-state index contributed by atoms with van der Waals surface area (Å²) in [4.78, 5) is 3.43. The number of nitrogen functional groups attached to an aromatic ring is 1. The fraction of sp³-hybridized carbons (Fsp3) is 0.125. The zero-order valence-electron chi connectivity index (χ0n) is 6.50. The molecule has 1 aromatic heterocycles. The van der Waals surface area contributed by atoms with E-state index in [1.54, 1.807) is 0 Å². The van der Waals surface area contributed by atoms with E-state index in [0.717, 1.165) is 0 Å². The van der Waals surface area contributed by atoms with Gasteiger partial charge in [0.1, 0.15) is 0 Å². The first-order valence-corrected chi connectivity index (χ1v) is 3.44. The summed E-state index contributed by atoms with van der Waals surface area (Å²) >= 11 is 0. The van der Waals surface area contributed by atoms with E-state index in [1.165, 1.54) is 18.3 Å². The average Bonchev–Trinajstić information content (AvgIpc) is 2.08. The van der Waals surface area contributed by atoms with Crippen LogP contribution >= 0.6 is 0 Å². The van der Waals surface area contributed by atoms with Crippen molar-refractivity contribution in [2.24, 2.45) is 5.73 Å². The van der Waals surface area contributed by atoms with Crippen LogP contribution in [0.2, 0.25) is 0 Å². The van der Waals surface area contributed by atoms with Crippen molar-refractivity contribution in [3.63, 3.8) is 0 Å². The predicted molar refractivity (Wildman–Crippen MR) is 45.7 cm³/mol. The molecular weight excluding hydrogens is 157 g/mol. The fourth-order valence-corrected chi connectivity index (χ4v) is 0.800. The maximum absolute atomic E-state index is 12.6. The predicted octanol–water partition coefficient (Wildman–Crippen LogP) is 0.989. The zero-order valence-corrected chi connectivity index (χ0v) is 6.50. The van der Waals surface area contributed by atoms with Crippen LogP contribution < -0.4 is 11.5 Å². The van der Waals surface area contributed by atoms with Gasteiger partial charge in [-0.3, -0.25) is 0 Å². The van der Waals surface area contributed by atoms with Crippen molar-refractivity contribution >= 4 is 5.69 Å².